The highest BCUT2D eigenvalue weighted by molar-refractivity contribution is 5.84. The summed E-state index contributed by atoms with van der Waals surface area (Å²) in [4.78, 5) is 59.8. The van der Waals surface area contributed by atoms with E-state index in [1.165, 1.54) is 51.4 Å². The lowest BCUT2D eigenvalue weighted by atomic mass is 9.99. The first-order chi connectivity index (χ1) is 27.8. The van der Waals surface area contributed by atoms with Crippen LogP contribution in [0.1, 0.15) is 156 Å². The highest BCUT2D eigenvalue weighted by Crippen LogP contribution is 2.16. The van der Waals surface area contributed by atoms with Gasteiger partial charge in [0, 0.05) is 32.5 Å². The highest BCUT2D eigenvalue weighted by Gasteiger charge is 2.21. The largest absolute Gasteiger partial charge is 0.480 e. The summed E-state index contributed by atoms with van der Waals surface area (Å²) in [6.07, 6.45) is 19.2. The van der Waals surface area contributed by atoms with Gasteiger partial charge < -0.3 is 50.4 Å². The standard InChI is InChI=1S/C43H82N4O11/c1-36(2)20-17-19-25-44-40(50)34-57-32-31-56-29-27-46-41(51)35-58-33-30-55-28-26-45-38(48)23-22-37(42(52)53)47-39(49)21-16-14-12-10-8-6-5-7-9-11-13-15-18-24-43(3,4)54/h36-37,54H,5-35H2,1-4H3,(H,44,50)(H,45,48)(H,46,51)(H,47,49)(H,52,53)/t37-/m0/s1. The third kappa shape index (κ3) is 41.3. The molecule has 0 unspecified atom stereocenters. The lowest BCUT2D eigenvalue weighted by Crippen LogP contribution is -2.41. The monoisotopic (exact) mass is 831 g/mol. The van der Waals surface area contributed by atoms with Crippen LogP contribution in [0.2, 0.25) is 0 Å². The number of nitrogens with one attached hydrogen (secondary N) is 4. The van der Waals surface area contributed by atoms with E-state index in [1.54, 1.807) is 0 Å². The van der Waals surface area contributed by atoms with Crippen LogP contribution in [-0.2, 0) is 42.9 Å². The fourth-order valence-electron chi connectivity index (χ4n) is 5.98. The van der Waals surface area contributed by atoms with Gasteiger partial charge in [-0.15, -0.1) is 0 Å². The minimum absolute atomic E-state index is 0.00633. The average molecular weight is 831 g/mol. The fraction of sp³-hybridized carbons (Fsp3) is 0.884. The van der Waals surface area contributed by atoms with Crippen LogP contribution in [0.15, 0.2) is 0 Å². The number of hydrogen-bond donors (Lipinski definition) is 6. The van der Waals surface area contributed by atoms with Crippen molar-refractivity contribution < 1.29 is 53.1 Å². The van der Waals surface area contributed by atoms with E-state index in [0.29, 0.717) is 38.6 Å². The number of carbonyl (C=O) groups is 5. The summed E-state index contributed by atoms with van der Waals surface area (Å²) in [5.41, 5.74) is -0.547. The van der Waals surface area contributed by atoms with E-state index in [9.17, 15) is 34.2 Å². The number of aliphatic carboxylic acids is 1. The smallest absolute Gasteiger partial charge is 0.326 e. The van der Waals surface area contributed by atoms with Crippen molar-refractivity contribution in [3.8, 4) is 0 Å². The van der Waals surface area contributed by atoms with Crippen molar-refractivity contribution in [1.29, 1.82) is 0 Å². The molecular formula is C43H82N4O11. The van der Waals surface area contributed by atoms with Crippen molar-refractivity contribution in [2.45, 2.75) is 168 Å². The summed E-state index contributed by atoms with van der Waals surface area (Å²) in [7, 11) is 0. The molecule has 0 spiro atoms. The maximum atomic E-state index is 12.3. The second-order valence-electron chi connectivity index (χ2n) is 16.2. The molecule has 0 saturated heterocycles. The van der Waals surface area contributed by atoms with Gasteiger partial charge in [-0.3, -0.25) is 19.2 Å². The molecular weight excluding hydrogens is 748 g/mol. The van der Waals surface area contributed by atoms with Crippen LogP contribution in [0.4, 0.5) is 0 Å². The summed E-state index contributed by atoms with van der Waals surface area (Å²) < 4.78 is 21.4. The number of carbonyl (C=O) groups excluding carboxylic acids is 4. The van der Waals surface area contributed by atoms with Gasteiger partial charge in [-0.25, -0.2) is 4.79 Å². The van der Waals surface area contributed by atoms with E-state index in [1.807, 2.05) is 13.8 Å². The Morgan fingerprint density at radius 3 is 1.43 bits per heavy atom. The Morgan fingerprint density at radius 2 is 0.948 bits per heavy atom. The van der Waals surface area contributed by atoms with Gasteiger partial charge in [0.25, 0.3) is 0 Å². The van der Waals surface area contributed by atoms with Gasteiger partial charge in [0.15, 0.2) is 0 Å². The van der Waals surface area contributed by atoms with Crippen molar-refractivity contribution in [1.82, 2.24) is 21.3 Å². The van der Waals surface area contributed by atoms with Crippen LogP contribution in [-0.4, -0.2) is 124 Å². The Balaban J connectivity index is 3.65. The third-order valence-electron chi connectivity index (χ3n) is 9.36. The van der Waals surface area contributed by atoms with E-state index >= 15 is 0 Å². The molecule has 0 saturated carbocycles. The number of hydrogen-bond acceptors (Lipinski definition) is 10. The molecule has 0 radical (unpaired) electrons. The molecule has 0 fully saturated rings. The zero-order chi connectivity index (χ0) is 43.1. The van der Waals surface area contributed by atoms with Gasteiger partial charge in [-0.05, 0) is 45.4 Å². The zero-order valence-electron chi connectivity index (χ0n) is 36.6. The molecule has 0 aromatic carbocycles. The number of carboxylic acids is 1. The molecule has 0 aliphatic carbocycles. The van der Waals surface area contributed by atoms with Crippen LogP contribution in [0, 0.1) is 5.92 Å². The Morgan fingerprint density at radius 1 is 0.500 bits per heavy atom. The number of aliphatic hydroxyl groups is 1. The maximum Gasteiger partial charge on any atom is 0.326 e. The van der Waals surface area contributed by atoms with Crippen molar-refractivity contribution in [2.24, 2.45) is 5.92 Å². The first kappa shape index (κ1) is 55.2. The quantitative estimate of drug-likeness (QED) is 0.0441. The molecule has 6 N–H and O–H groups in total. The van der Waals surface area contributed by atoms with Crippen molar-refractivity contribution >= 4 is 29.6 Å². The Labute approximate surface area is 349 Å². The van der Waals surface area contributed by atoms with Crippen LogP contribution in [0.25, 0.3) is 0 Å². The predicted octanol–water partition coefficient (Wildman–Crippen LogP) is 5.20. The number of ether oxygens (including phenoxy) is 4. The molecule has 0 aromatic rings. The molecule has 1 atom stereocenters. The Kier molecular flexibility index (Phi) is 36.5. The molecule has 15 nitrogen and oxygen atoms in total. The van der Waals surface area contributed by atoms with Gasteiger partial charge in [-0.1, -0.05) is 104 Å². The first-order valence-electron chi connectivity index (χ1n) is 22.2. The number of amides is 4. The molecule has 0 aliphatic heterocycles. The van der Waals surface area contributed by atoms with E-state index in [2.05, 4.69) is 35.1 Å². The van der Waals surface area contributed by atoms with Crippen LogP contribution in [0.5, 0.6) is 0 Å². The molecule has 0 rings (SSSR count). The molecule has 15 heteroatoms. The van der Waals surface area contributed by atoms with Crippen molar-refractivity contribution in [2.75, 3.05) is 72.5 Å². The summed E-state index contributed by atoms with van der Waals surface area (Å²) in [6, 6.07) is -1.12. The van der Waals surface area contributed by atoms with Gasteiger partial charge in [-0.2, -0.15) is 0 Å². The summed E-state index contributed by atoms with van der Waals surface area (Å²) in [5.74, 6) is -1.58. The summed E-state index contributed by atoms with van der Waals surface area (Å²) in [6.45, 7) is 10.7. The zero-order valence-corrected chi connectivity index (χ0v) is 36.6. The molecule has 0 heterocycles. The molecule has 0 bridgehead atoms. The Hall–Kier alpha value is -2.85. The molecule has 58 heavy (non-hydrogen) atoms. The van der Waals surface area contributed by atoms with E-state index in [4.69, 9.17) is 18.9 Å². The van der Waals surface area contributed by atoms with E-state index < -0.39 is 17.6 Å². The number of unbranched alkanes of at least 4 members (excludes halogenated alkanes) is 13. The minimum atomic E-state index is -1.17. The van der Waals surface area contributed by atoms with Gasteiger partial charge >= 0.3 is 5.97 Å². The van der Waals surface area contributed by atoms with Gasteiger partial charge in [0.2, 0.25) is 23.6 Å². The molecule has 0 aliphatic rings. The first-order valence-corrected chi connectivity index (χ1v) is 22.2. The van der Waals surface area contributed by atoms with Gasteiger partial charge in [0.1, 0.15) is 19.3 Å². The Bertz CT molecular complexity index is 1060. The summed E-state index contributed by atoms with van der Waals surface area (Å²) in [5, 5.41) is 30.0. The number of carboxylic acid groups (broad SMARTS) is 1. The predicted molar refractivity (Wildman–Crippen MR) is 225 cm³/mol. The molecule has 340 valence electrons. The second kappa shape index (κ2) is 38.4. The molecule has 0 aromatic heterocycles. The van der Waals surface area contributed by atoms with Crippen LogP contribution in [0.3, 0.4) is 0 Å². The SMILES string of the molecule is CC(C)CCCCNC(=O)COCCOCCNC(=O)COCCOCCNC(=O)CC[C@H](NC(=O)CCCCCCCCCCCCCCCC(C)(C)O)C(=O)O. The minimum Gasteiger partial charge on any atom is -0.480 e. The third-order valence-corrected chi connectivity index (χ3v) is 9.36. The van der Waals surface area contributed by atoms with Gasteiger partial charge in [0.05, 0.1) is 45.2 Å². The second-order valence-corrected chi connectivity index (χ2v) is 16.2. The van der Waals surface area contributed by atoms with E-state index in [-0.39, 0.29) is 89.1 Å². The van der Waals surface area contributed by atoms with E-state index in [0.717, 1.165) is 51.4 Å². The number of rotatable bonds is 42. The average Bonchev–Trinajstić information content (AvgIpc) is 3.16. The maximum absolute atomic E-state index is 12.3. The lowest BCUT2D eigenvalue weighted by Gasteiger charge is -2.16. The summed E-state index contributed by atoms with van der Waals surface area (Å²) >= 11 is 0. The van der Waals surface area contributed by atoms with Crippen LogP contribution < -0.4 is 21.3 Å². The highest BCUT2D eigenvalue weighted by atomic mass is 16.5. The van der Waals surface area contributed by atoms with Crippen molar-refractivity contribution in [3.63, 3.8) is 0 Å². The normalized spacial score (nSPS) is 12.0. The van der Waals surface area contributed by atoms with Crippen molar-refractivity contribution in [3.05, 3.63) is 0 Å². The van der Waals surface area contributed by atoms with Crippen LogP contribution >= 0.6 is 0 Å². The molecule has 4 amide bonds. The fourth-order valence-corrected chi connectivity index (χ4v) is 5.98. The topological polar surface area (TPSA) is 211 Å². The lowest BCUT2D eigenvalue weighted by molar-refractivity contribution is -0.142.